The Hall–Kier alpha value is -2.93. The van der Waals surface area contributed by atoms with Gasteiger partial charge in [-0.25, -0.2) is 0 Å². The molecule has 4 saturated carbocycles. The van der Waals surface area contributed by atoms with Crippen molar-refractivity contribution in [1.29, 1.82) is 0 Å². The van der Waals surface area contributed by atoms with E-state index in [1.54, 1.807) is 7.11 Å². The van der Waals surface area contributed by atoms with Crippen molar-refractivity contribution in [3.05, 3.63) is 59.2 Å². The number of fused-ring (bicyclic) bond motifs is 1. The summed E-state index contributed by atoms with van der Waals surface area (Å²) < 4.78 is 5.77. The molecule has 0 unspecified atom stereocenters. The number of amides is 1. The highest BCUT2D eigenvalue weighted by Gasteiger charge is 2.51. The fourth-order valence-electron chi connectivity index (χ4n) is 8.64. The molecule has 0 spiro atoms. The minimum absolute atomic E-state index is 0.0575. The van der Waals surface area contributed by atoms with Crippen LogP contribution in [0.4, 0.5) is 5.69 Å². The molecule has 2 aromatic rings. The fraction of sp³-hybridized carbons (Fsp3) is 0.545. The third kappa shape index (κ3) is 4.41. The van der Waals surface area contributed by atoms with E-state index in [1.165, 1.54) is 49.8 Å². The Balaban J connectivity index is 1.33. The maximum Gasteiger partial charge on any atom is 0.299 e. The van der Waals surface area contributed by atoms with E-state index in [2.05, 4.69) is 48.5 Å². The van der Waals surface area contributed by atoms with Crippen LogP contribution in [0.5, 0.6) is 5.75 Å². The minimum atomic E-state index is -0.227. The Morgan fingerprint density at radius 2 is 1.76 bits per heavy atom. The molecular weight excluding hydrogens is 456 g/mol. The Morgan fingerprint density at radius 1 is 1.08 bits per heavy atom. The molecule has 4 heteroatoms. The Morgan fingerprint density at radius 3 is 2.35 bits per heavy atom. The van der Waals surface area contributed by atoms with Gasteiger partial charge in [0.05, 0.1) is 13.2 Å². The van der Waals surface area contributed by atoms with E-state index in [0.29, 0.717) is 0 Å². The first-order chi connectivity index (χ1) is 18.0. The fourth-order valence-corrected chi connectivity index (χ4v) is 8.64. The van der Waals surface area contributed by atoms with Gasteiger partial charge >= 0.3 is 0 Å². The quantitative estimate of drug-likeness (QED) is 0.432. The van der Waals surface area contributed by atoms with E-state index in [-0.39, 0.29) is 23.5 Å². The van der Waals surface area contributed by atoms with Crippen LogP contribution in [-0.4, -0.2) is 29.5 Å². The van der Waals surface area contributed by atoms with Gasteiger partial charge in [-0.3, -0.25) is 4.79 Å². The zero-order chi connectivity index (χ0) is 25.6. The molecule has 5 aliphatic rings. The number of rotatable bonds is 7. The molecule has 37 heavy (non-hydrogen) atoms. The second kappa shape index (κ2) is 9.75. The Kier molecular flexibility index (Phi) is 6.43. The van der Waals surface area contributed by atoms with Crippen LogP contribution < -0.4 is 10.1 Å². The van der Waals surface area contributed by atoms with Gasteiger partial charge in [-0.2, -0.15) is 0 Å². The molecule has 4 fully saturated rings. The highest BCUT2D eigenvalue weighted by atomic mass is 16.5. The number of hydrogen-bond donors (Lipinski definition) is 1. The van der Waals surface area contributed by atoms with Gasteiger partial charge in [-0.15, -0.1) is 6.42 Å². The van der Waals surface area contributed by atoms with Crippen molar-refractivity contribution < 1.29 is 9.53 Å². The summed E-state index contributed by atoms with van der Waals surface area (Å²) in [5, 5.41) is 4.00. The van der Waals surface area contributed by atoms with Crippen molar-refractivity contribution >= 4 is 11.6 Å². The summed E-state index contributed by atoms with van der Waals surface area (Å²) in [5.41, 5.74) is 4.91. The molecule has 2 aromatic carbocycles. The molecule has 7 rings (SSSR count). The van der Waals surface area contributed by atoms with Crippen molar-refractivity contribution in [2.75, 3.05) is 12.4 Å². The van der Waals surface area contributed by atoms with E-state index in [9.17, 15) is 4.79 Å². The third-order valence-electron chi connectivity index (χ3n) is 9.72. The van der Waals surface area contributed by atoms with Crippen LogP contribution in [0.15, 0.2) is 42.5 Å². The van der Waals surface area contributed by atoms with Gasteiger partial charge in [-0.1, -0.05) is 44.0 Å². The monoisotopic (exact) mass is 496 g/mol. The number of benzene rings is 2. The predicted octanol–water partition coefficient (Wildman–Crippen LogP) is 6.74. The molecule has 4 nitrogen and oxygen atoms in total. The number of nitrogens with one attached hydrogen (secondary N) is 1. The highest BCUT2D eigenvalue weighted by molar-refractivity contribution is 5.94. The number of carbonyl (C=O) groups is 1. The molecule has 0 radical (unpaired) electrons. The molecule has 1 aliphatic heterocycles. The molecular formula is C33H40N2O2. The highest BCUT2D eigenvalue weighted by Crippen LogP contribution is 2.56. The molecule has 0 aromatic heterocycles. The lowest BCUT2D eigenvalue weighted by Crippen LogP contribution is -2.54. The van der Waals surface area contributed by atoms with Gasteiger partial charge in [0.2, 0.25) is 0 Å². The van der Waals surface area contributed by atoms with Gasteiger partial charge in [0.1, 0.15) is 5.75 Å². The van der Waals surface area contributed by atoms with Gasteiger partial charge in [0.15, 0.2) is 0 Å². The molecule has 1 amide bonds. The second-order valence-corrected chi connectivity index (χ2v) is 12.2. The molecule has 1 N–H and O–H groups in total. The van der Waals surface area contributed by atoms with E-state index >= 15 is 0 Å². The first-order valence-corrected chi connectivity index (χ1v) is 14.3. The average molecular weight is 497 g/mol. The van der Waals surface area contributed by atoms with Crippen LogP contribution in [0.1, 0.15) is 87.4 Å². The van der Waals surface area contributed by atoms with Crippen molar-refractivity contribution in [2.45, 2.75) is 88.8 Å². The summed E-state index contributed by atoms with van der Waals surface area (Å²) in [5.74, 6) is 5.85. The first-order valence-electron chi connectivity index (χ1n) is 14.3. The van der Waals surface area contributed by atoms with Crippen LogP contribution in [0.3, 0.4) is 0 Å². The smallest absolute Gasteiger partial charge is 0.299 e. The van der Waals surface area contributed by atoms with Gasteiger partial charge in [0, 0.05) is 22.8 Å². The van der Waals surface area contributed by atoms with Crippen molar-refractivity contribution in [2.24, 2.45) is 17.8 Å². The Labute approximate surface area is 222 Å². The average Bonchev–Trinajstić information content (AvgIpc) is 2.89. The van der Waals surface area contributed by atoms with Crippen molar-refractivity contribution in [3.8, 4) is 18.1 Å². The SMILES string of the molecule is C#CC(=O)N1[C@@H](CCCC)Cc2c(OC)cccc2[C@@H]1c1ccc(NC23CC4CC(CC(C4)C2)C3)cc1. The van der Waals surface area contributed by atoms with E-state index < -0.39 is 0 Å². The lowest BCUT2D eigenvalue weighted by Gasteiger charge is -2.57. The molecule has 194 valence electrons. The van der Waals surface area contributed by atoms with Crippen LogP contribution in [0, 0.1) is 30.1 Å². The number of methoxy groups -OCH3 is 1. The van der Waals surface area contributed by atoms with Gasteiger partial charge < -0.3 is 15.0 Å². The summed E-state index contributed by atoms with van der Waals surface area (Å²) in [6.07, 6.45) is 17.9. The van der Waals surface area contributed by atoms with Crippen molar-refractivity contribution in [3.63, 3.8) is 0 Å². The summed E-state index contributed by atoms with van der Waals surface area (Å²) in [6, 6.07) is 14.9. The summed E-state index contributed by atoms with van der Waals surface area (Å²) >= 11 is 0. The topological polar surface area (TPSA) is 41.6 Å². The zero-order valence-corrected chi connectivity index (χ0v) is 22.3. The van der Waals surface area contributed by atoms with Crippen LogP contribution in [0.25, 0.3) is 0 Å². The van der Waals surface area contributed by atoms with Gasteiger partial charge in [-0.05, 0) is 104 Å². The van der Waals surface area contributed by atoms with Crippen LogP contribution in [0.2, 0.25) is 0 Å². The predicted molar refractivity (Wildman–Crippen MR) is 149 cm³/mol. The molecule has 0 saturated heterocycles. The molecule has 2 atom stereocenters. The minimum Gasteiger partial charge on any atom is -0.496 e. The lowest BCUT2D eigenvalue weighted by atomic mass is 9.53. The maximum absolute atomic E-state index is 13.2. The number of terminal acetylenes is 1. The normalized spacial score (nSPS) is 31.5. The Bertz CT molecular complexity index is 1160. The first kappa shape index (κ1) is 24.4. The summed E-state index contributed by atoms with van der Waals surface area (Å²) in [6.45, 7) is 2.19. The number of ether oxygens (including phenoxy) is 1. The van der Waals surface area contributed by atoms with E-state index in [4.69, 9.17) is 11.2 Å². The number of nitrogens with zero attached hydrogens (tertiary/aromatic N) is 1. The summed E-state index contributed by atoms with van der Waals surface area (Å²) in [4.78, 5) is 15.2. The largest absolute Gasteiger partial charge is 0.496 e. The number of unbranched alkanes of at least 4 members (excludes halogenated alkanes) is 1. The molecule has 4 bridgehead atoms. The molecule has 1 heterocycles. The number of hydrogen-bond acceptors (Lipinski definition) is 3. The van der Waals surface area contributed by atoms with Crippen LogP contribution >= 0.6 is 0 Å². The van der Waals surface area contributed by atoms with Gasteiger partial charge in [0.25, 0.3) is 5.91 Å². The lowest BCUT2D eigenvalue weighted by molar-refractivity contribution is -0.130. The molecule has 4 aliphatic carbocycles. The van der Waals surface area contributed by atoms with E-state index in [0.717, 1.165) is 60.3 Å². The number of carbonyl (C=O) groups excluding carboxylic acids is 1. The zero-order valence-electron chi connectivity index (χ0n) is 22.3. The standard InChI is InChI=1S/C33H40N2O2/c1-4-6-8-27-18-29-28(9-7-10-30(29)37-3)32(35(27)31(36)5-2)25-11-13-26(14-12-25)34-33-19-22-15-23(20-33)17-24(16-22)21-33/h2,7,9-14,22-24,27,32,34H,4,6,8,15-21H2,1,3H3/t22?,23?,24?,27-,32-,33?/m0/s1. The summed E-state index contributed by atoms with van der Waals surface area (Å²) in [7, 11) is 1.73. The third-order valence-corrected chi connectivity index (χ3v) is 9.72. The number of anilines is 1. The second-order valence-electron chi connectivity index (χ2n) is 12.2. The van der Waals surface area contributed by atoms with E-state index in [1.807, 2.05) is 17.0 Å². The maximum atomic E-state index is 13.2. The van der Waals surface area contributed by atoms with Crippen LogP contribution in [-0.2, 0) is 11.2 Å². The van der Waals surface area contributed by atoms with Crippen molar-refractivity contribution in [1.82, 2.24) is 4.90 Å².